The Morgan fingerprint density at radius 1 is 0.224 bits per heavy atom. The van der Waals surface area contributed by atoms with Gasteiger partial charge in [-0.25, -0.2) is 29.9 Å². The topological polar surface area (TPSA) is 155 Å². The van der Waals surface area contributed by atoms with Crippen LogP contribution in [-0.4, -0.2) is 111 Å². The van der Waals surface area contributed by atoms with Gasteiger partial charge < -0.3 is 0 Å². The van der Waals surface area contributed by atoms with E-state index in [9.17, 15) is 0 Å². The molecule has 0 aromatic carbocycles. The molecule has 229 valence electrons. The van der Waals surface area contributed by atoms with Gasteiger partial charge in [0.15, 0.2) is 34.9 Å². The summed E-state index contributed by atoms with van der Waals surface area (Å²) in [7, 11) is 0. The zero-order valence-corrected chi connectivity index (χ0v) is 29.3. The van der Waals surface area contributed by atoms with Crippen LogP contribution in [0.4, 0.5) is 0 Å². The third-order valence-corrected chi connectivity index (χ3v) is 6.63. The van der Waals surface area contributed by atoms with Gasteiger partial charge in [-0.1, -0.05) is 36.4 Å². The van der Waals surface area contributed by atoms with Crippen LogP contribution in [0.5, 0.6) is 0 Å². The number of hydrogen-bond acceptors (Lipinski definition) is 12. The van der Waals surface area contributed by atoms with Crippen molar-refractivity contribution in [1.29, 1.82) is 0 Å². The van der Waals surface area contributed by atoms with Gasteiger partial charge in [-0.05, 0) is 72.8 Å². The van der Waals surface area contributed by atoms with E-state index in [-0.39, 0.29) is 51.4 Å². The van der Waals surface area contributed by atoms with Gasteiger partial charge in [0.05, 0.1) is 0 Å². The summed E-state index contributed by atoms with van der Waals surface area (Å²) in [5.41, 5.74) is 4.05. The summed E-state index contributed by atoms with van der Waals surface area (Å²) in [6.45, 7) is 0. The minimum absolute atomic E-state index is 0. The maximum Gasteiger partial charge on any atom is 0.182 e. The zero-order chi connectivity index (χ0) is 32.4. The minimum Gasteiger partial charge on any atom is -0.253 e. The summed E-state index contributed by atoms with van der Waals surface area (Å²) in [4.78, 5) is 53.1. The fourth-order valence-electron chi connectivity index (χ4n) is 4.41. The van der Waals surface area contributed by atoms with Crippen LogP contribution >= 0.6 is 0 Å². The van der Waals surface area contributed by atoms with E-state index < -0.39 is 0 Å². The molecule has 49 heavy (non-hydrogen) atoms. The molecule has 8 aromatic rings. The molecule has 1 radical (unpaired) electrons. The Bertz CT molecular complexity index is 1780. The first-order valence-corrected chi connectivity index (χ1v) is 14.8. The first-order chi connectivity index (χ1) is 23.8. The second-order valence-electron chi connectivity index (χ2n) is 9.90. The molecule has 0 spiro atoms. The monoisotopic (exact) mass is 663 g/mol. The predicted octanol–water partition coefficient (Wildman–Crippen LogP) is 5.73. The maximum atomic E-state index is 4.52. The van der Waals surface area contributed by atoms with Crippen molar-refractivity contribution in [2.24, 2.45) is 0 Å². The van der Waals surface area contributed by atoms with E-state index in [0.29, 0.717) is 69.1 Å². The Labute approximate surface area is 323 Å². The quantitative estimate of drug-likeness (QED) is 0.199. The van der Waals surface area contributed by atoms with Crippen molar-refractivity contribution in [3.8, 4) is 69.1 Å². The fourth-order valence-corrected chi connectivity index (χ4v) is 4.41. The molecule has 0 aliphatic rings. The Morgan fingerprint density at radius 3 is 0.510 bits per heavy atom. The number of aromatic nitrogens is 12. The zero-order valence-electron chi connectivity index (χ0n) is 26.2. The van der Waals surface area contributed by atoms with Crippen LogP contribution in [0.15, 0.2) is 146 Å². The van der Waals surface area contributed by atoms with Crippen molar-refractivity contribution in [3.05, 3.63) is 146 Å². The third-order valence-electron chi connectivity index (χ3n) is 6.63. The molecule has 0 bridgehead atoms. The van der Waals surface area contributed by atoms with Crippen LogP contribution in [0.2, 0.25) is 0 Å². The van der Waals surface area contributed by atoms with Gasteiger partial charge in [-0.15, -0.1) is 0 Å². The van der Waals surface area contributed by atoms with E-state index in [0.717, 1.165) is 0 Å². The van der Waals surface area contributed by atoms with E-state index >= 15 is 0 Å². The van der Waals surface area contributed by atoms with Crippen molar-refractivity contribution < 1.29 is 0 Å². The van der Waals surface area contributed by atoms with Crippen LogP contribution in [-0.2, 0) is 0 Å². The van der Waals surface area contributed by atoms with E-state index in [2.05, 4.69) is 59.8 Å². The molecule has 0 saturated carbocycles. The molecular formula is C36H24KN12. The smallest absolute Gasteiger partial charge is 0.182 e. The summed E-state index contributed by atoms with van der Waals surface area (Å²) in [5.74, 6) is 2.96. The third kappa shape index (κ3) is 8.54. The second kappa shape index (κ2) is 16.6. The van der Waals surface area contributed by atoms with Gasteiger partial charge in [-0.3, -0.25) is 29.9 Å². The SMILES string of the molecule is [K].c1ccc(-c2nc(-c3ccccn3)nc(-c3ccccn3)n2)nc1.c1ccc(-c2nc(-c3ccccn3)nc(-c3ccccn3)n2)nc1. The summed E-state index contributed by atoms with van der Waals surface area (Å²) < 4.78 is 0. The average molecular weight is 664 g/mol. The standard InChI is InChI=1S/2C18H12N6.K/c2*1-4-10-19-13(7-1)16-22-17(14-8-2-5-11-20-14)24-18(23-16)15-9-3-6-12-21-15;/h2*1-12H;. The van der Waals surface area contributed by atoms with Gasteiger partial charge in [-0.2, -0.15) is 0 Å². The van der Waals surface area contributed by atoms with Gasteiger partial charge >= 0.3 is 0 Å². The minimum atomic E-state index is 0. The molecule has 0 unspecified atom stereocenters. The Morgan fingerprint density at radius 2 is 0.388 bits per heavy atom. The predicted molar refractivity (Wildman–Crippen MR) is 185 cm³/mol. The summed E-state index contributed by atoms with van der Waals surface area (Å²) in [5, 5.41) is 0. The van der Waals surface area contributed by atoms with Crippen LogP contribution < -0.4 is 0 Å². The molecule has 0 aliphatic carbocycles. The summed E-state index contributed by atoms with van der Waals surface area (Å²) in [6, 6.07) is 33.6. The second-order valence-corrected chi connectivity index (χ2v) is 9.90. The summed E-state index contributed by atoms with van der Waals surface area (Å²) in [6.07, 6.45) is 10.3. The van der Waals surface area contributed by atoms with Crippen LogP contribution in [0.3, 0.4) is 0 Å². The molecule has 0 N–H and O–H groups in total. The van der Waals surface area contributed by atoms with E-state index in [4.69, 9.17) is 0 Å². The fraction of sp³-hybridized carbons (Fsp3) is 0. The molecule has 8 rings (SSSR count). The van der Waals surface area contributed by atoms with E-state index in [1.165, 1.54) is 0 Å². The molecule has 8 heterocycles. The largest absolute Gasteiger partial charge is 0.253 e. The van der Waals surface area contributed by atoms with E-state index in [1.54, 1.807) is 37.2 Å². The van der Waals surface area contributed by atoms with Gasteiger partial charge in [0.25, 0.3) is 0 Å². The van der Waals surface area contributed by atoms with Gasteiger partial charge in [0.2, 0.25) is 0 Å². The molecule has 12 nitrogen and oxygen atoms in total. The first-order valence-electron chi connectivity index (χ1n) is 14.8. The van der Waals surface area contributed by atoms with Crippen LogP contribution in [0.25, 0.3) is 69.1 Å². The van der Waals surface area contributed by atoms with Crippen molar-refractivity contribution in [1.82, 2.24) is 59.8 Å². The van der Waals surface area contributed by atoms with Gasteiger partial charge in [0.1, 0.15) is 34.2 Å². The van der Waals surface area contributed by atoms with Crippen LogP contribution in [0, 0.1) is 0 Å². The molecule has 0 fully saturated rings. The number of rotatable bonds is 6. The van der Waals surface area contributed by atoms with Crippen molar-refractivity contribution in [3.63, 3.8) is 0 Å². The van der Waals surface area contributed by atoms with Gasteiger partial charge in [0, 0.05) is 88.6 Å². The molecule has 13 heteroatoms. The molecule has 0 aliphatic heterocycles. The number of nitrogens with zero attached hydrogens (tertiary/aromatic N) is 12. The van der Waals surface area contributed by atoms with E-state index in [1.807, 2.05) is 109 Å². The van der Waals surface area contributed by atoms with Crippen LogP contribution in [0.1, 0.15) is 0 Å². The normalized spacial score (nSPS) is 10.3. The Hall–Kier alpha value is -5.44. The molecule has 0 saturated heterocycles. The maximum absolute atomic E-state index is 4.52. The first kappa shape index (κ1) is 33.5. The Balaban J connectivity index is 0.000000167. The summed E-state index contributed by atoms with van der Waals surface area (Å²) >= 11 is 0. The number of pyridine rings is 6. The van der Waals surface area contributed by atoms with Crippen molar-refractivity contribution in [2.45, 2.75) is 0 Å². The molecular weight excluding hydrogens is 640 g/mol. The average Bonchev–Trinajstić information content (AvgIpc) is 3.20. The molecule has 0 atom stereocenters. The molecule has 8 aromatic heterocycles. The van der Waals surface area contributed by atoms with Crippen molar-refractivity contribution >= 4 is 51.4 Å². The molecule has 0 amide bonds. The van der Waals surface area contributed by atoms with Crippen molar-refractivity contribution in [2.75, 3.05) is 0 Å². The Kier molecular flexibility index (Phi) is 11.3. The number of hydrogen-bond donors (Lipinski definition) is 0.